The summed E-state index contributed by atoms with van der Waals surface area (Å²) in [4.78, 5) is 16.6. The maximum absolute atomic E-state index is 13.7. The molecule has 0 amide bonds. The number of nitrogens with one attached hydrogen (secondary N) is 1. The predicted octanol–water partition coefficient (Wildman–Crippen LogP) is 2.35. The Bertz CT molecular complexity index is 1740. The predicted molar refractivity (Wildman–Crippen MR) is 143 cm³/mol. The zero-order valence-electron chi connectivity index (χ0n) is 21.6. The summed E-state index contributed by atoms with van der Waals surface area (Å²) in [5, 5.41) is 12.0. The molecule has 0 spiro atoms. The third kappa shape index (κ3) is 4.87. The minimum Gasteiger partial charge on any atom is -0.479 e. The van der Waals surface area contributed by atoms with Crippen molar-refractivity contribution in [2.24, 2.45) is 0 Å². The first-order valence-corrected chi connectivity index (χ1v) is 13.5. The van der Waals surface area contributed by atoms with Gasteiger partial charge in [-0.15, -0.1) is 10.2 Å². The van der Waals surface area contributed by atoms with Crippen LogP contribution in [0.2, 0.25) is 5.02 Å². The van der Waals surface area contributed by atoms with Crippen LogP contribution in [0.3, 0.4) is 0 Å². The molecule has 5 rings (SSSR count). The van der Waals surface area contributed by atoms with Crippen molar-refractivity contribution in [3.05, 3.63) is 60.2 Å². The lowest BCUT2D eigenvalue weighted by Crippen LogP contribution is -2.33. The van der Waals surface area contributed by atoms with Gasteiger partial charge in [0.1, 0.15) is 17.7 Å². The van der Waals surface area contributed by atoms with Crippen molar-refractivity contribution in [2.75, 3.05) is 26.1 Å². The van der Waals surface area contributed by atoms with Crippen LogP contribution in [0.15, 0.2) is 49.3 Å². The van der Waals surface area contributed by atoms with Crippen LogP contribution in [0.1, 0.15) is 18.9 Å². The number of hydrogen-bond acceptors (Lipinski definition) is 12. The van der Waals surface area contributed by atoms with E-state index in [1.54, 1.807) is 16.9 Å². The summed E-state index contributed by atoms with van der Waals surface area (Å²) in [6, 6.07) is 5.49. The van der Waals surface area contributed by atoms with Gasteiger partial charge in [0.05, 0.1) is 36.5 Å². The standard InChI is InChI=1S/C23H23ClN10O5S/c1-13(18(37-2)19-25-9-14(24)10-26-19)40(35,36)32-23-31-30-20(15-11-29-33-8-6-5-7-16(15)33)34(23)17-21(38-3)27-12-28-22(17)39-4/h5-13,18H,1-4H3,(H,31,32). The van der Waals surface area contributed by atoms with Gasteiger partial charge in [-0.2, -0.15) is 15.1 Å². The minimum absolute atomic E-state index is 0.0854. The molecule has 0 aliphatic rings. The van der Waals surface area contributed by atoms with E-state index in [0.717, 1.165) is 0 Å². The molecule has 1 N–H and O–H groups in total. The van der Waals surface area contributed by atoms with Crippen molar-refractivity contribution in [3.63, 3.8) is 0 Å². The number of hydrogen-bond donors (Lipinski definition) is 1. The molecule has 208 valence electrons. The second-order valence-corrected chi connectivity index (χ2v) is 10.8. The number of pyridine rings is 1. The molecular weight excluding hydrogens is 564 g/mol. The van der Waals surface area contributed by atoms with Gasteiger partial charge >= 0.3 is 0 Å². The lowest BCUT2D eigenvalue weighted by molar-refractivity contribution is 0.0950. The Hall–Kier alpha value is -4.41. The molecule has 5 aromatic rings. The highest BCUT2D eigenvalue weighted by molar-refractivity contribution is 7.93. The lowest BCUT2D eigenvalue weighted by Gasteiger charge is -2.22. The van der Waals surface area contributed by atoms with Crippen molar-refractivity contribution in [2.45, 2.75) is 18.3 Å². The molecule has 40 heavy (non-hydrogen) atoms. The summed E-state index contributed by atoms with van der Waals surface area (Å²) >= 11 is 5.89. The van der Waals surface area contributed by atoms with E-state index in [1.807, 2.05) is 18.2 Å². The second-order valence-electron chi connectivity index (χ2n) is 8.28. The normalized spacial score (nSPS) is 13.2. The highest BCUT2D eigenvalue weighted by Gasteiger charge is 2.35. The molecule has 2 unspecified atom stereocenters. The summed E-state index contributed by atoms with van der Waals surface area (Å²) in [7, 11) is -0.0294. The molecule has 0 radical (unpaired) electrons. The van der Waals surface area contributed by atoms with Gasteiger partial charge in [0.2, 0.25) is 27.7 Å². The van der Waals surface area contributed by atoms with Crippen molar-refractivity contribution in [1.82, 2.24) is 44.3 Å². The summed E-state index contributed by atoms with van der Waals surface area (Å²) in [5.74, 6) is 0.347. The van der Waals surface area contributed by atoms with Gasteiger partial charge in [-0.25, -0.2) is 22.9 Å². The minimum atomic E-state index is -4.21. The van der Waals surface area contributed by atoms with Crippen LogP contribution < -0.4 is 14.2 Å². The maximum Gasteiger partial charge on any atom is 0.245 e. The van der Waals surface area contributed by atoms with Crippen LogP contribution in [-0.2, 0) is 14.8 Å². The van der Waals surface area contributed by atoms with Crippen LogP contribution in [-0.4, -0.2) is 79.3 Å². The average Bonchev–Trinajstić information content (AvgIpc) is 3.57. The summed E-state index contributed by atoms with van der Waals surface area (Å²) in [5.41, 5.74) is 1.40. The Balaban J connectivity index is 1.65. The highest BCUT2D eigenvalue weighted by atomic mass is 35.5. The van der Waals surface area contributed by atoms with Gasteiger partial charge in [0.25, 0.3) is 0 Å². The average molecular weight is 587 g/mol. The van der Waals surface area contributed by atoms with E-state index in [9.17, 15) is 8.42 Å². The summed E-state index contributed by atoms with van der Waals surface area (Å²) in [6.07, 6.45) is 6.28. The molecule has 0 saturated carbocycles. The van der Waals surface area contributed by atoms with Crippen LogP contribution in [0.4, 0.5) is 5.95 Å². The van der Waals surface area contributed by atoms with Crippen molar-refractivity contribution < 1.29 is 22.6 Å². The number of sulfonamides is 1. The number of methoxy groups -OCH3 is 3. The first-order valence-electron chi connectivity index (χ1n) is 11.6. The van der Waals surface area contributed by atoms with Crippen molar-refractivity contribution in [3.8, 4) is 28.8 Å². The topological polar surface area (TPSA) is 173 Å². The first-order chi connectivity index (χ1) is 19.3. The number of rotatable bonds is 10. The van der Waals surface area contributed by atoms with Gasteiger partial charge in [-0.05, 0) is 19.1 Å². The molecule has 0 fully saturated rings. The molecule has 17 heteroatoms. The molecule has 0 saturated heterocycles. The van der Waals surface area contributed by atoms with Crippen LogP contribution >= 0.6 is 11.6 Å². The quantitative estimate of drug-likeness (QED) is 0.253. The third-order valence-corrected chi connectivity index (χ3v) is 7.88. The van der Waals surface area contributed by atoms with Crippen molar-refractivity contribution in [1.29, 1.82) is 0 Å². The monoisotopic (exact) mass is 586 g/mol. The Morgan fingerprint density at radius 3 is 2.33 bits per heavy atom. The fourth-order valence-electron chi connectivity index (χ4n) is 4.04. The van der Waals surface area contributed by atoms with E-state index >= 15 is 0 Å². The number of halogens is 1. The number of anilines is 1. The first kappa shape index (κ1) is 27.2. The Morgan fingerprint density at radius 1 is 0.975 bits per heavy atom. The number of fused-ring (bicyclic) bond motifs is 1. The molecule has 0 aliphatic heterocycles. The van der Waals surface area contributed by atoms with E-state index in [1.165, 1.54) is 51.5 Å². The SMILES string of the molecule is COc1ncnc(OC)c1-n1c(NS(=O)(=O)C(C)C(OC)c2ncc(Cl)cn2)nnc1-c1cnn2ccccc12. The van der Waals surface area contributed by atoms with E-state index in [2.05, 4.69) is 40.0 Å². The number of ether oxygens (including phenoxy) is 3. The lowest BCUT2D eigenvalue weighted by atomic mass is 10.2. The fraction of sp³-hybridized carbons (Fsp3) is 0.261. The Kier molecular flexibility index (Phi) is 7.46. The molecule has 5 aromatic heterocycles. The zero-order chi connectivity index (χ0) is 28.4. The fourth-order valence-corrected chi connectivity index (χ4v) is 5.27. The van der Waals surface area contributed by atoms with Crippen LogP contribution in [0, 0.1) is 0 Å². The van der Waals surface area contributed by atoms with Gasteiger partial charge in [-0.3, -0.25) is 9.29 Å². The Morgan fingerprint density at radius 2 is 1.68 bits per heavy atom. The van der Waals surface area contributed by atoms with E-state index < -0.39 is 21.4 Å². The summed E-state index contributed by atoms with van der Waals surface area (Å²) < 4.78 is 49.3. The molecule has 0 aromatic carbocycles. The molecule has 2 atom stereocenters. The maximum atomic E-state index is 13.7. The molecule has 15 nitrogen and oxygen atoms in total. The molecule has 5 heterocycles. The number of aromatic nitrogens is 9. The molecule has 0 bridgehead atoms. The highest BCUT2D eigenvalue weighted by Crippen LogP contribution is 2.36. The van der Waals surface area contributed by atoms with E-state index in [0.29, 0.717) is 16.1 Å². The van der Waals surface area contributed by atoms with E-state index in [-0.39, 0.29) is 35.0 Å². The van der Waals surface area contributed by atoms with Gasteiger partial charge in [0.15, 0.2) is 17.3 Å². The smallest absolute Gasteiger partial charge is 0.245 e. The van der Waals surface area contributed by atoms with E-state index in [4.69, 9.17) is 25.8 Å². The third-order valence-electron chi connectivity index (χ3n) is 5.99. The van der Waals surface area contributed by atoms with Crippen LogP contribution in [0.25, 0.3) is 22.6 Å². The van der Waals surface area contributed by atoms with Crippen molar-refractivity contribution >= 4 is 33.1 Å². The molecule has 0 aliphatic carbocycles. The second kappa shape index (κ2) is 11.0. The van der Waals surface area contributed by atoms with Gasteiger partial charge in [-0.1, -0.05) is 17.7 Å². The Labute approximate surface area is 233 Å². The summed E-state index contributed by atoms with van der Waals surface area (Å²) in [6.45, 7) is 1.45. The largest absolute Gasteiger partial charge is 0.479 e. The number of nitrogens with zero attached hydrogens (tertiary/aromatic N) is 9. The zero-order valence-corrected chi connectivity index (χ0v) is 23.2. The molecular formula is C23H23ClN10O5S. The van der Waals surface area contributed by atoms with Crippen LogP contribution in [0.5, 0.6) is 11.8 Å². The van der Waals surface area contributed by atoms with Gasteiger partial charge in [0, 0.05) is 25.7 Å². The van der Waals surface area contributed by atoms with Gasteiger partial charge < -0.3 is 14.2 Å².